The molecule has 0 aliphatic rings. The van der Waals surface area contributed by atoms with Gasteiger partial charge < -0.3 is 15.5 Å². The van der Waals surface area contributed by atoms with Gasteiger partial charge in [0.05, 0.1) is 6.54 Å². The van der Waals surface area contributed by atoms with Gasteiger partial charge in [0.25, 0.3) is 0 Å². The molecule has 7 heteroatoms. The van der Waals surface area contributed by atoms with Gasteiger partial charge in [-0.05, 0) is 38.1 Å². The normalized spacial score (nSPS) is 10.3. The first kappa shape index (κ1) is 22.3. The minimum Gasteiger partial charge on any atom is -0.478 e. The molecule has 0 spiro atoms. The topological polar surface area (TPSA) is 107 Å². The van der Waals surface area contributed by atoms with Crippen LogP contribution in [0, 0.1) is 13.8 Å². The highest BCUT2D eigenvalue weighted by atomic mass is 16.4. The molecule has 138 valence electrons. The molecule has 1 aromatic rings. The molecule has 0 saturated carbocycles. The average molecular weight is 350 g/mol. The van der Waals surface area contributed by atoms with Crippen LogP contribution in [0.15, 0.2) is 30.4 Å². The number of anilines is 1. The van der Waals surface area contributed by atoms with Crippen molar-refractivity contribution in [2.24, 2.45) is 0 Å². The molecule has 1 amide bonds. The van der Waals surface area contributed by atoms with Gasteiger partial charge in [-0.3, -0.25) is 9.69 Å². The van der Waals surface area contributed by atoms with Crippen molar-refractivity contribution in [3.05, 3.63) is 41.5 Å². The SMILES string of the molecule is CCN(CC)CC(=O)Nc1c(C)cccc1C.O=C(O)C=CC(=O)O. The van der Waals surface area contributed by atoms with Gasteiger partial charge >= 0.3 is 11.9 Å². The number of aliphatic carboxylic acids is 2. The van der Waals surface area contributed by atoms with Crippen molar-refractivity contribution in [1.82, 2.24) is 4.90 Å². The molecule has 0 bridgehead atoms. The highest BCUT2D eigenvalue weighted by molar-refractivity contribution is 5.93. The summed E-state index contributed by atoms with van der Waals surface area (Å²) < 4.78 is 0. The lowest BCUT2D eigenvalue weighted by Gasteiger charge is -2.18. The van der Waals surface area contributed by atoms with Crippen LogP contribution in [-0.4, -0.2) is 52.6 Å². The van der Waals surface area contributed by atoms with E-state index in [9.17, 15) is 14.4 Å². The van der Waals surface area contributed by atoms with E-state index in [1.165, 1.54) is 0 Å². The van der Waals surface area contributed by atoms with Gasteiger partial charge in [-0.2, -0.15) is 0 Å². The first-order valence-electron chi connectivity index (χ1n) is 7.93. The zero-order valence-electron chi connectivity index (χ0n) is 15.1. The number of carbonyl (C=O) groups is 3. The maximum absolute atomic E-state index is 11.9. The summed E-state index contributed by atoms with van der Waals surface area (Å²) in [7, 11) is 0. The van der Waals surface area contributed by atoms with E-state index in [0.29, 0.717) is 18.7 Å². The standard InChI is InChI=1S/C14H22N2O.C4H4O4/c1-5-16(6-2)10-13(17)15-14-11(3)8-7-9-12(14)4;5-3(6)1-2-4(7)8/h7-9H,5-6,10H2,1-4H3,(H,15,17);1-2H,(H,5,6)(H,7,8). The first-order valence-corrected chi connectivity index (χ1v) is 7.93. The van der Waals surface area contributed by atoms with Crippen molar-refractivity contribution < 1.29 is 24.6 Å². The van der Waals surface area contributed by atoms with E-state index in [0.717, 1.165) is 29.9 Å². The van der Waals surface area contributed by atoms with Gasteiger partial charge in [0, 0.05) is 17.8 Å². The van der Waals surface area contributed by atoms with E-state index in [2.05, 4.69) is 24.1 Å². The summed E-state index contributed by atoms with van der Waals surface area (Å²) in [5.41, 5.74) is 3.17. The largest absolute Gasteiger partial charge is 0.478 e. The van der Waals surface area contributed by atoms with Crippen molar-refractivity contribution in [3.8, 4) is 0 Å². The molecule has 3 N–H and O–H groups in total. The Morgan fingerprint density at radius 1 is 1.00 bits per heavy atom. The Labute approximate surface area is 148 Å². The summed E-state index contributed by atoms with van der Waals surface area (Å²) in [5.74, 6) is -2.45. The lowest BCUT2D eigenvalue weighted by atomic mass is 10.1. The monoisotopic (exact) mass is 350 g/mol. The second-order valence-corrected chi connectivity index (χ2v) is 5.29. The van der Waals surface area contributed by atoms with Crippen LogP contribution in [0.2, 0.25) is 0 Å². The van der Waals surface area contributed by atoms with Crippen LogP contribution in [0.25, 0.3) is 0 Å². The number of hydrogen-bond donors (Lipinski definition) is 3. The van der Waals surface area contributed by atoms with E-state index in [1.54, 1.807) is 0 Å². The Hall–Kier alpha value is -2.67. The van der Waals surface area contributed by atoms with Crippen LogP contribution in [0.1, 0.15) is 25.0 Å². The van der Waals surface area contributed by atoms with Gasteiger partial charge in [0.1, 0.15) is 0 Å². The Morgan fingerprint density at radius 2 is 1.44 bits per heavy atom. The van der Waals surface area contributed by atoms with E-state index in [1.807, 2.05) is 32.0 Å². The van der Waals surface area contributed by atoms with Gasteiger partial charge in [0.15, 0.2) is 0 Å². The van der Waals surface area contributed by atoms with Crippen LogP contribution in [0.4, 0.5) is 5.69 Å². The van der Waals surface area contributed by atoms with Crippen molar-refractivity contribution in [2.75, 3.05) is 25.0 Å². The maximum Gasteiger partial charge on any atom is 0.328 e. The highest BCUT2D eigenvalue weighted by Crippen LogP contribution is 2.19. The van der Waals surface area contributed by atoms with E-state index < -0.39 is 11.9 Å². The molecule has 0 atom stereocenters. The van der Waals surface area contributed by atoms with Gasteiger partial charge in [-0.25, -0.2) is 9.59 Å². The van der Waals surface area contributed by atoms with Crippen molar-refractivity contribution in [2.45, 2.75) is 27.7 Å². The number of nitrogens with one attached hydrogen (secondary N) is 1. The minimum absolute atomic E-state index is 0.0612. The first-order chi connectivity index (χ1) is 11.7. The summed E-state index contributed by atoms with van der Waals surface area (Å²) in [5, 5.41) is 18.6. The molecule has 0 fully saturated rings. The number of para-hydroxylation sites is 1. The zero-order valence-corrected chi connectivity index (χ0v) is 15.1. The predicted molar refractivity (Wildman–Crippen MR) is 96.7 cm³/mol. The molecule has 0 radical (unpaired) electrons. The Balaban J connectivity index is 0.000000609. The molecule has 0 unspecified atom stereocenters. The summed E-state index contributed by atoms with van der Waals surface area (Å²) in [6.45, 7) is 10.4. The summed E-state index contributed by atoms with van der Waals surface area (Å²) in [6.07, 6.45) is 1.12. The molecular weight excluding hydrogens is 324 g/mol. The van der Waals surface area contributed by atoms with E-state index in [-0.39, 0.29) is 5.91 Å². The van der Waals surface area contributed by atoms with Crippen molar-refractivity contribution in [3.63, 3.8) is 0 Å². The predicted octanol–water partition coefficient (Wildman–Crippen LogP) is 2.30. The number of carbonyl (C=O) groups excluding carboxylic acids is 1. The third-order valence-electron chi connectivity index (χ3n) is 3.38. The van der Waals surface area contributed by atoms with Crippen molar-refractivity contribution >= 4 is 23.5 Å². The number of nitrogens with zero attached hydrogens (tertiary/aromatic N) is 1. The third-order valence-corrected chi connectivity index (χ3v) is 3.38. The Morgan fingerprint density at radius 3 is 1.80 bits per heavy atom. The fourth-order valence-electron chi connectivity index (χ4n) is 1.98. The molecule has 25 heavy (non-hydrogen) atoms. The van der Waals surface area contributed by atoms with Crippen molar-refractivity contribution in [1.29, 1.82) is 0 Å². The molecular formula is C18H26N2O5. The molecule has 0 heterocycles. The van der Waals surface area contributed by atoms with E-state index in [4.69, 9.17) is 10.2 Å². The van der Waals surface area contributed by atoms with Gasteiger partial charge in [-0.15, -0.1) is 0 Å². The van der Waals surface area contributed by atoms with E-state index >= 15 is 0 Å². The number of benzene rings is 1. The third kappa shape index (κ3) is 9.93. The molecule has 0 saturated heterocycles. The fourth-order valence-corrected chi connectivity index (χ4v) is 1.98. The van der Waals surface area contributed by atoms with Gasteiger partial charge in [-0.1, -0.05) is 32.0 Å². The maximum atomic E-state index is 11.9. The summed E-state index contributed by atoms with van der Waals surface area (Å²) in [6, 6.07) is 6.03. The second kappa shape index (κ2) is 11.8. The van der Waals surface area contributed by atoms with Crippen LogP contribution in [0.3, 0.4) is 0 Å². The number of rotatable bonds is 7. The lowest BCUT2D eigenvalue weighted by molar-refractivity contribution is -0.134. The van der Waals surface area contributed by atoms with Gasteiger partial charge in [0.2, 0.25) is 5.91 Å². The molecule has 0 aliphatic heterocycles. The molecule has 1 rings (SSSR count). The molecule has 7 nitrogen and oxygen atoms in total. The molecule has 1 aromatic carbocycles. The number of likely N-dealkylation sites (N-methyl/N-ethyl adjacent to an activating group) is 1. The minimum atomic E-state index is -1.26. The van der Waals surface area contributed by atoms with Crippen LogP contribution >= 0.6 is 0 Å². The molecule has 0 aromatic heterocycles. The lowest BCUT2D eigenvalue weighted by Crippen LogP contribution is -2.33. The Bertz CT molecular complexity index is 586. The smallest absolute Gasteiger partial charge is 0.328 e. The van der Waals surface area contributed by atoms with Crippen LogP contribution < -0.4 is 5.32 Å². The number of aryl methyl sites for hydroxylation is 2. The quantitative estimate of drug-likeness (QED) is 0.651. The number of carboxylic acids is 2. The number of amides is 1. The highest BCUT2D eigenvalue weighted by Gasteiger charge is 2.09. The van der Waals surface area contributed by atoms with Crippen LogP contribution in [0.5, 0.6) is 0 Å². The second-order valence-electron chi connectivity index (χ2n) is 5.29. The van der Waals surface area contributed by atoms with Crippen LogP contribution in [-0.2, 0) is 14.4 Å². The zero-order chi connectivity index (χ0) is 19.4. The molecule has 0 aliphatic carbocycles. The summed E-state index contributed by atoms with van der Waals surface area (Å²) in [4.78, 5) is 33.1. The summed E-state index contributed by atoms with van der Waals surface area (Å²) >= 11 is 0. The number of hydrogen-bond acceptors (Lipinski definition) is 4. The number of carboxylic acid groups (broad SMARTS) is 2. The fraction of sp³-hybridized carbons (Fsp3) is 0.389. The Kier molecular flexibility index (Phi) is 10.5. The average Bonchev–Trinajstić information content (AvgIpc) is 2.55.